The van der Waals surface area contributed by atoms with E-state index in [0.717, 1.165) is 33.2 Å². The molecule has 0 unspecified atom stereocenters. The van der Waals surface area contributed by atoms with Gasteiger partial charge in [-0.15, -0.1) is 11.3 Å². The Bertz CT molecular complexity index is 1020. The van der Waals surface area contributed by atoms with E-state index in [1.54, 1.807) is 23.7 Å². The lowest BCUT2D eigenvalue weighted by Crippen LogP contribution is -2.43. The molecular formula is C20H22N6O2S. The molecule has 0 bridgehead atoms. The molecule has 1 aliphatic heterocycles. The predicted octanol–water partition coefficient (Wildman–Crippen LogP) is 2.34. The Morgan fingerprint density at radius 2 is 2.03 bits per heavy atom. The lowest BCUT2D eigenvalue weighted by Gasteiger charge is -2.33. The number of morpholine rings is 1. The first-order valence-electron chi connectivity index (χ1n) is 9.35. The second kappa shape index (κ2) is 8.22. The van der Waals surface area contributed by atoms with E-state index in [1.165, 1.54) is 0 Å². The fraction of sp³-hybridized carbons (Fsp3) is 0.350. The van der Waals surface area contributed by atoms with Gasteiger partial charge in [-0.05, 0) is 31.5 Å². The monoisotopic (exact) mass is 410 g/mol. The number of aromatic nitrogens is 4. The third-order valence-electron chi connectivity index (χ3n) is 4.73. The van der Waals surface area contributed by atoms with Gasteiger partial charge < -0.3 is 15.4 Å². The zero-order valence-electron chi connectivity index (χ0n) is 16.3. The van der Waals surface area contributed by atoms with E-state index < -0.39 is 0 Å². The SMILES string of the molecule is Cc1cc(-c2cnc(N)nc2)cc([C@H]2CN(C(=O)Cc3csc(C)n3)CCO2)n1. The first-order chi connectivity index (χ1) is 14.0. The predicted molar refractivity (Wildman–Crippen MR) is 110 cm³/mol. The number of nitrogens with zero attached hydrogens (tertiary/aromatic N) is 5. The summed E-state index contributed by atoms with van der Waals surface area (Å²) < 4.78 is 5.94. The number of aryl methyl sites for hydroxylation is 2. The number of nitrogen functional groups attached to an aromatic ring is 1. The van der Waals surface area contributed by atoms with Gasteiger partial charge in [-0.2, -0.15) is 0 Å². The van der Waals surface area contributed by atoms with Crippen LogP contribution in [0.1, 0.15) is 28.2 Å². The maximum Gasteiger partial charge on any atom is 0.228 e. The Morgan fingerprint density at radius 3 is 2.76 bits per heavy atom. The Labute approximate surface area is 172 Å². The van der Waals surface area contributed by atoms with E-state index in [2.05, 4.69) is 19.9 Å². The molecule has 0 spiro atoms. The van der Waals surface area contributed by atoms with Crippen LogP contribution in [0.2, 0.25) is 0 Å². The van der Waals surface area contributed by atoms with Crippen LogP contribution in [0, 0.1) is 13.8 Å². The lowest BCUT2D eigenvalue weighted by atomic mass is 10.1. The summed E-state index contributed by atoms with van der Waals surface area (Å²) >= 11 is 1.56. The number of rotatable bonds is 4. The summed E-state index contributed by atoms with van der Waals surface area (Å²) in [5, 5.41) is 2.91. The smallest absolute Gasteiger partial charge is 0.228 e. The zero-order chi connectivity index (χ0) is 20.4. The van der Waals surface area contributed by atoms with Crippen LogP contribution in [0.5, 0.6) is 0 Å². The second-order valence-corrected chi connectivity index (χ2v) is 8.05. The number of carbonyl (C=O) groups is 1. The third kappa shape index (κ3) is 4.57. The second-order valence-electron chi connectivity index (χ2n) is 6.99. The summed E-state index contributed by atoms with van der Waals surface area (Å²) in [5.41, 5.74) is 9.85. The van der Waals surface area contributed by atoms with Gasteiger partial charge in [0.2, 0.25) is 11.9 Å². The Balaban J connectivity index is 1.51. The number of hydrogen-bond acceptors (Lipinski definition) is 8. The van der Waals surface area contributed by atoms with Gasteiger partial charge >= 0.3 is 0 Å². The van der Waals surface area contributed by atoms with E-state index >= 15 is 0 Å². The Kier molecular flexibility index (Phi) is 5.50. The van der Waals surface area contributed by atoms with E-state index in [4.69, 9.17) is 10.5 Å². The van der Waals surface area contributed by atoms with Crippen molar-refractivity contribution >= 4 is 23.2 Å². The molecule has 4 rings (SSSR count). The maximum atomic E-state index is 12.7. The number of anilines is 1. The molecule has 1 fully saturated rings. The molecule has 1 atom stereocenters. The molecule has 0 aromatic carbocycles. The van der Waals surface area contributed by atoms with Gasteiger partial charge in [0, 0.05) is 35.6 Å². The fourth-order valence-electron chi connectivity index (χ4n) is 3.32. The maximum absolute atomic E-state index is 12.7. The van der Waals surface area contributed by atoms with Crippen LogP contribution in [0.4, 0.5) is 5.95 Å². The first kappa shape index (κ1) is 19.4. The normalized spacial score (nSPS) is 16.8. The summed E-state index contributed by atoms with van der Waals surface area (Å²) in [6.07, 6.45) is 3.41. The minimum absolute atomic E-state index is 0.0587. The van der Waals surface area contributed by atoms with Crippen LogP contribution in [0.3, 0.4) is 0 Å². The lowest BCUT2D eigenvalue weighted by molar-refractivity contribution is -0.138. The molecule has 3 aromatic rings. The third-order valence-corrected chi connectivity index (χ3v) is 5.55. The summed E-state index contributed by atoms with van der Waals surface area (Å²) in [7, 11) is 0. The Morgan fingerprint density at radius 1 is 1.24 bits per heavy atom. The summed E-state index contributed by atoms with van der Waals surface area (Å²) in [4.78, 5) is 31.7. The summed E-state index contributed by atoms with van der Waals surface area (Å²) in [6, 6.07) is 3.93. The van der Waals surface area contributed by atoms with Gasteiger partial charge in [0.05, 0.1) is 36.0 Å². The molecule has 9 heteroatoms. The van der Waals surface area contributed by atoms with Crippen molar-refractivity contribution in [1.29, 1.82) is 0 Å². The van der Waals surface area contributed by atoms with Gasteiger partial charge in [0.15, 0.2) is 0 Å². The van der Waals surface area contributed by atoms with Crippen LogP contribution in [0.15, 0.2) is 29.9 Å². The molecular weight excluding hydrogens is 388 g/mol. The summed E-state index contributed by atoms with van der Waals surface area (Å²) in [6.45, 7) is 5.39. The number of ether oxygens (including phenoxy) is 1. The van der Waals surface area contributed by atoms with E-state index in [1.807, 2.05) is 36.3 Å². The highest BCUT2D eigenvalue weighted by Crippen LogP contribution is 2.27. The minimum Gasteiger partial charge on any atom is -0.368 e. The average molecular weight is 411 g/mol. The number of pyridine rings is 1. The molecule has 0 saturated carbocycles. The van der Waals surface area contributed by atoms with Crippen molar-refractivity contribution in [1.82, 2.24) is 24.8 Å². The van der Waals surface area contributed by atoms with Crippen molar-refractivity contribution in [3.63, 3.8) is 0 Å². The molecule has 0 radical (unpaired) electrons. The standard InChI is InChI=1S/C20H22N6O2S/c1-12-5-14(15-8-22-20(21)23-9-15)6-17(24-12)18-10-26(3-4-28-18)19(27)7-16-11-29-13(2)25-16/h5-6,8-9,11,18H,3-4,7,10H2,1-2H3,(H2,21,22,23)/t18-/m1/s1. The number of nitrogens with two attached hydrogens (primary N) is 1. The highest BCUT2D eigenvalue weighted by atomic mass is 32.1. The minimum atomic E-state index is -0.279. The molecule has 2 N–H and O–H groups in total. The quantitative estimate of drug-likeness (QED) is 0.703. The van der Waals surface area contributed by atoms with Crippen molar-refractivity contribution in [3.8, 4) is 11.1 Å². The molecule has 1 amide bonds. The largest absolute Gasteiger partial charge is 0.368 e. The van der Waals surface area contributed by atoms with Gasteiger partial charge in [0.25, 0.3) is 0 Å². The van der Waals surface area contributed by atoms with Crippen molar-refractivity contribution in [2.75, 3.05) is 25.4 Å². The highest BCUT2D eigenvalue weighted by Gasteiger charge is 2.27. The number of thiazole rings is 1. The fourth-order valence-corrected chi connectivity index (χ4v) is 3.94. The van der Waals surface area contributed by atoms with Gasteiger partial charge in [-0.3, -0.25) is 9.78 Å². The number of amides is 1. The molecule has 3 aromatic heterocycles. The van der Waals surface area contributed by atoms with Crippen LogP contribution in [-0.2, 0) is 16.0 Å². The first-order valence-corrected chi connectivity index (χ1v) is 10.2. The molecule has 150 valence electrons. The average Bonchev–Trinajstić information content (AvgIpc) is 3.12. The molecule has 29 heavy (non-hydrogen) atoms. The van der Waals surface area contributed by atoms with Gasteiger partial charge in [0.1, 0.15) is 6.10 Å². The van der Waals surface area contributed by atoms with Gasteiger partial charge in [-0.1, -0.05) is 0 Å². The number of hydrogen-bond donors (Lipinski definition) is 1. The molecule has 8 nitrogen and oxygen atoms in total. The van der Waals surface area contributed by atoms with Crippen LogP contribution in [0.25, 0.3) is 11.1 Å². The van der Waals surface area contributed by atoms with Crippen LogP contribution in [-0.4, -0.2) is 50.4 Å². The van der Waals surface area contributed by atoms with Crippen molar-refractivity contribution in [2.45, 2.75) is 26.4 Å². The van der Waals surface area contributed by atoms with Gasteiger partial charge in [-0.25, -0.2) is 15.0 Å². The van der Waals surface area contributed by atoms with Crippen LogP contribution < -0.4 is 5.73 Å². The van der Waals surface area contributed by atoms with Crippen molar-refractivity contribution in [3.05, 3.63) is 52.0 Å². The summed E-state index contributed by atoms with van der Waals surface area (Å²) in [5.74, 6) is 0.295. The van der Waals surface area contributed by atoms with Crippen LogP contribution >= 0.6 is 11.3 Å². The zero-order valence-corrected chi connectivity index (χ0v) is 17.1. The van der Waals surface area contributed by atoms with E-state index in [0.29, 0.717) is 26.1 Å². The highest BCUT2D eigenvalue weighted by molar-refractivity contribution is 7.09. The topological polar surface area (TPSA) is 107 Å². The molecule has 4 heterocycles. The van der Waals surface area contributed by atoms with Crippen molar-refractivity contribution in [2.24, 2.45) is 0 Å². The van der Waals surface area contributed by atoms with E-state index in [-0.39, 0.29) is 18.0 Å². The Hall–Kier alpha value is -2.91. The molecule has 0 aliphatic carbocycles. The molecule has 1 saturated heterocycles. The number of carbonyl (C=O) groups excluding carboxylic acids is 1. The van der Waals surface area contributed by atoms with E-state index in [9.17, 15) is 4.79 Å². The van der Waals surface area contributed by atoms with Crippen molar-refractivity contribution < 1.29 is 9.53 Å². The molecule has 1 aliphatic rings.